The molecule has 3 heteroatoms. The second-order valence-electron chi connectivity index (χ2n) is 6.15. The highest BCUT2D eigenvalue weighted by Crippen LogP contribution is 2.28. The fourth-order valence-electron chi connectivity index (χ4n) is 2.04. The highest BCUT2D eigenvalue weighted by atomic mass is 32.2. The Hall–Kier alpha value is -0.510. The Balaban J connectivity index is 1.89. The molecule has 1 aliphatic rings. The standard InChI is InChI=1S/C16H25NOS/c1-12(2)13-4-8-15(9-5-13)19-11-16(3,10-18)17-14-6-7-14/h4-5,8-9,12,14,17-18H,6-7,10-11H2,1-3H3. The molecule has 19 heavy (non-hydrogen) atoms. The first-order valence-electron chi connectivity index (χ1n) is 7.14. The van der Waals surface area contributed by atoms with Crippen LogP contribution >= 0.6 is 11.8 Å². The number of aliphatic hydroxyl groups is 1. The van der Waals surface area contributed by atoms with Crippen LogP contribution in [-0.2, 0) is 0 Å². The Bertz CT molecular complexity index is 400. The number of hydrogen-bond donors (Lipinski definition) is 2. The third kappa shape index (κ3) is 4.51. The average Bonchev–Trinajstić information content (AvgIpc) is 3.21. The molecule has 2 N–H and O–H groups in total. The second kappa shape index (κ2) is 6.29. The van der Waals surface area contributed by atoms with Gasteiger partial charge in [0.15, 0.2) is 0 Å². The van der Waals surface area contributed by atoms with Gasteiger partial charge in [0.1, 0.15) is 0 Å². The monoisotopic (exact) mass is 279 g/mol. The maximum atomic E-state index is 9.58. The first-order chi connectivity index (χ1) is 9.02. The number of nitrogens with one attached hydrogen (secondary N) is 1. The van der Waals surface area contributed by atoms with E-state index in [0.29, 0.717) is 12.0 Å². The lowest BCUT2D eigenvalue weighted by Gasteiger charge is -2.28. The number of aliphatic hydroxyl groups excluding tert-OH is 1. The van der Waals surface area contributed by atoms with Crippen LogP contribution in [0, 0.1) is 0 Å². The molecular formula is C16H25NOS. The average molecular weight is 279 g/mol. The van der Waals surface area contributed by atoms with Crippen molar-refractivity contribution in [1.29, 1.82) is 0 Å². The van der Waals surface area contributed by atoms with E-state index in [2.05, 4.69) is 50.4 Å². The van der Waals surface area contributed by atoms with Crippen LogP contribution in [0.4, 0.5) is 0 Å². The summed E-state index contributed by atoms with van der Waals surface area (Å²) in [5.41, 5.74) is 1.22. The summed E-state index contributed by atoms with van der Waals surface area (Å²) in [6, 6.07) is 9.42. The molecule has 0 heterocycles. The van der Waals surface area contributed by atoms with Crippen LogP contribution in [0.1, 0.15) is 45.1 Å². The molecule has 0 spiro atoms. The van der Waals surface area contributed by atoms with E-state index < -0.39 is 0 Å². The molecular weight excluding hydrogens is 254 g/mol. The summed E-state index contributed by atoms with van der Waals surface area (Å²) in [6.07, 6.45) is 2.51. The molecule has 1 aliphatic carbocycles. The summed E-state index contributed by atoms with van der Waals surface area (Å²) in [7, 11) is 0. The summed E-state index contributed by atoms with van der Waals surface area (Å²) < 4.78 is 0. The van der Waals surface area contributed by atoms with Crippen molar-refractivity contribution in [3.8, 4) is 0 Å². The Morgan fingerprint density at radius 3 is 2.42 bits per heavy atom. The maximum absolute atomic E-state index is 9.58. The van der Waals surface area contributed by atoms with E-state index >= 15 is 0 Å². The smallest absolute Gasteiger partial charge is 0.0618 e. The first-order valence-corrected chi connectivity index (χ1v) is 8.12. The van der Waals surface area contributed by atoms with Crippen molar-refractivity contribution in [3.05, 3.63) is 29.8 Å². The van der Waals surface area contributed by atoms with Gasteiger partial charge in [0.25, 0.3) is 0 Å². The molecule has 0 bridgehead atoms. The summed E-state index contributed by atoms with van der Waals surface area (Å²) in [6.45, 7) is 6.73. The van der Waals surface area contributed by atoms with Gasteiger partial charge in [0.05, 0.1) is 6.61 Å². The van der Waals surface area contributed by atoms with Gasteiger partial charge in [0, 0.05) is 22.2 Å². The summed E-state index contributed by atoms with van der Waals surface area (Å²) in [4.78, 5) is 1.28. The zero-order valence-electron chi connectivity index (χ0n) is 12.1. The lowest BCUT2D eigenvalue weighted by Crippen LogP contribution is -2.49. The molecule has 106 valence electrons. The number of thioether (sulfide) groups is 1. The molecule has 2 nitrogen and oxygen atoms in total. The van der Waals surface area contributed by atoms with Crippen LogP contribution in [0.5, 0.6) is 0 Å². The zero-order chi connectivity index (χ0) is 13.9. The predicted octanol–water partition coefficient (Wildman–Crippen LogP) is 3.41. The van der Waals surface area contributed by atoms with Gasteiger partial charge in [-0.2, -0.15) is 0 Å². The molecule has 1 saturated carbocycles. The Morgan fingerprint density at radius 1 is 1.32 bits per heavy atom. The number of benzene rings is 1. The minimum Gasteiger partial charge on any atom is -0.394 e. The fourth-order valence-corrected chi connectivity index (χ4v) is 3.03. The Labute approximate surface area is 121 Å². The SMILES string of the molecule is CC(C)c1ccc(SCC(C)(CO)NC2CC2)cc1. The largest absolute Gasteiger partial charge is 0.394 e. The molecule has 0 amide bonds. The highest BCUT2D eigenvalue weighted by Gasteiger charge is 2.31. The quantitative estimate of drug-likeness (QED) is 0.750. The third-order valence-electron chi connectivity index (χ3n) is 3.58. The van der Waals surface area contributed by atoms with E-state index in [4.69, 9.17) is 0 Å². The van der Waals surface area contributed by atoms with Gasteiger partial charge in [-0.1, -0.05) is 26.0 Å². The van der Waals surface area contributed by atoms with Crippen LogP contribution in [0.3, 0.4) is 0 Å². The van der Waals surface area contributed by atoms with E-state index in [-0.39, 0.29) is 12.1 Å². The highest BCUT2D eigenvalue weighted by molar-refractivity contribution is 7.99. The van der Waals surface area contributed by atoms with Crippen LogP contribution in [0.25, 0.3) is 0 Å². The minimum absolute atomic E-state index is 0.164. The van der Waals surface area contributed by atoms with E-state index in [9.17, 15) is 5.11 Å². The van der Waals surface area contributed by atoms with E-state index in [1.807, 2.05) is 11.8 Å². The minimum atomic E-state index is -0.164. The second-order valence-corrected chi connectivity index (χ2v) is 7.20. The normalized spacial score (nSPS) is 18.6. The summed E-state index contributed by atoms with van der Waals surface area (Å²) in [5, 5.41) is 13.1. The van der Waals surface area contributed by atoms with Crippen molar-refractivity contribution in [2.75, 3.05) is 12.4 Å². The molecule has 1 aromatic rings. The number of rotatable bonds is 7. The lowest BCUT2D eigenvalue weighted by molar-refractivity contribution is 0.190. The number of hydrogen-bond acceptors (Lipinski definition) is 3. The molecule has 1 unspecified atom stereocenters. The van der Waals surface area contributed by atoms with Gasteiger partial charge in [-0.25, -0.2) is 0 Å². The molecule has 0 radical (unpaired) electrons. The fraction of sp³-hybridized carbons (Fsp3) is 0.625. The predicted molar refractivity (Wildman–Crippen MR) is 82.9 cm³/mol. The van der Waals surface area contributed by atoms with Crippen molar-refractivity contribution in [1.82, 2.24) is 5.32 Å². The topological polar surface area (TPSA) is 32.3 Å². The molecule has 2 rings (SSSR count). The molecule has 1 fully saturated rings. The summed E-state index contributed by atoms with van der Waals surface area (Å²) >= 11 is 1.82. The van der Waals surface area contributed by atoms with Gasteiger partial charge in [-0.05, 0) is 43.4 Å². The van der Waals surface area contributed by atoms with Gasteiger partial charge in [-0.3, -0.25) is 0 Å². The van der Waals surface area contributed by atoms with Crippen LogP contribution < -0.4 is 5.32 Å². The Kier molecular flexibility index (Phi) is 4.93. The van der Waals surface area contributed by atoms with Crippen molar-refractivity contribution in [2.24, 2.45) is 0 Å². The van der Waals surface area contributed by atoms with Gasteiger partial charge in [-0.15, -0.1) is 11.8 Å². The van der Waals surface area contributed by atoms with Gasteiger partial charge >= 0.3 is 0 Å². The van der Waals surface area contributed by atoms with Crippen molar-refractivity contribution in [2.45, 2.75) is 56.0 Å². The van der Waals surface area contributed by atoms with Gasteiger partial charge in [0.2, 0.25) is 0 Å². The molecule has 1 aromatic carbocycles. The van der Waals surface area contributed by atoms with Crippen LogP contribution in [0.2, 0.25) is 0 Å². The van der Waals surface area contributed by atoms with Crippen molar-refractivity contribution in [3.63, 3.8) is 0 Å². The third-order valence-corrected chi connectivity index (χ3v) is 4.97. The Morgan fingerprint density at radius 2 is 1.95 bits per heavy atom. The molecule has 0 saturated heterocycles. The lowest BCUT2D eigenvalue weighted by atomic mass is 10.0. The van der Waals surface area contributed by atoms with Crippen LogP contribution in [0.15, 0.2) is 29.2 Å². The van der Waals surface area contributed by atoms with E-state index in [0.717, 1.165) is 5.75 Å². The maximum Gasteiger partial charge on any atom is 0.0618 e. The first kappa shape index (κ1) is 14.9. The molecule has 0 aliphatic heterocycles. The zero-order valence-corrected chi connectivity index (χ0v) is 13.0. The summed E-state index contributed by atoms with van der Waals surface area (Å²) in [5.74, 6) is 1.49. The van der Waals surface area contributed by atoms with E-state index in [1.165, 1.54) is 23.3 Å². The molecule has 0 aromatic heterocycles. The van der Waals surface area contributed by atoms with Crippen LogP contribution in [-0.4, -0.2) is 29.0 Å². The molecule has 1 atom stereocenters. The van der Waals surface area contributed by atoms with E-state index in [1.54, 1.807) is 0 Å². The van der Waals surface area contributed by atoms with Crippen molar-refractivity contribution >= 4 is 11.8 Å². The van der Waals surface area contributed by atoms with Gasteiger partial charge < -0.3 is 10.4 Å². The van der Waals surface area contributed by atoms with Crippen molar-refractivity contribution < 1.29 is 5.11 Å².